The lowest BCUT2D eigenvalue weighted by atomic mass is 9.84. The van der Waals surface area contributed by atoms with Crippen molar-refractivity contribution in [2.75, 3.05) is 13.2 Å². The van der Waals surface area contributed by atoms with Gasteiger partial charge < -0.3 is 82.0 Å². The molecule has 0 unspecified atom stereocenters. The molecular formula is C49H70N14O14. The van der Waals surface area contributed by atoms with Crippen LogP contribution < -0.4 is 22.9 Å². The SMILES string of the molecule is N[C@@H]1CC[C@@H]([C@H](N)CO)O[C@@H]1O[C@H]1[C@H](O)[C@@H](O)[C@H](N)C[C@@H]1N.O=CO.[N-]=[N+]=N[C@H]1C[C@@H](N=[N+]=[N-])[C@H](O)[C@@H](O)[C@@H]1O[C@H]1O[C@H]([C@@H](COCc2ccccc2)N(Cc2ccccc2)C(=O)OCc2ccccc2)CC[C@H]1N=[N+]=[N-]. The van der Waals surface area contributed by atoms with Gasteiger partial charge in [-0.05, 0) is 71.8 Å². The van der Waals surface area contributed by atoms with Crippen molar-refractivity contribution in [2.24, 2.45) is 38.3 Å². The van der Waals surface area contributed by atoms with E-state index in [1.54, 1.807) is 4.90 Å². The molecule has 28 heteroatoms. The molecule has 0 spiro atoms. The molecule has 0 bridgehead atoms. The summed E-state index contributed by atoms with van der Waals surface area (Å²) in [7, 11) is 0. The highest BCUT2D eigenvalue weighted by Gasteiger charge is 2.48. The number of benzene rings is 3. The largest absolute Gasteiger partial charge is 0.483 e. The second-order valence-corrected chi connectivity index (χ2v) is 18.9. The van der Waals surface area contributed by atoms with Crippen molar-refractivity contribution in [1.82, 2.24) is 4.90 Å². The molecule has 420 valence electrons. The number of nitrogens with zero attached hydrogens (tertiary/aromatic N) is 10. The number of rotatable bonds is 19. The maximum absolute atomic E-state index is 14.0. The lowest BCUT2D eigenvalue weighted by molar-refractivity contribution is -0.262. The average Bonchev–Trinajstić information content (AvgIpc) is 3.44. The van der Waals surface area contributed by atoms with E-state index in [1.165, 1.54) is 0 Å². The molecule has 0 radical (unpaired) electrons. The topological polar surface area (TPSA) is 465 Å². The Morgan fingerprint density at radius 1 is 0.662 bits per heavy atom. The zero-order valence-corrected chi connectivity index (χ0v) is 42.1. The van der Waals surface area contributed by atoms with Crippen LogP contribution in [0.3, 0.4) is 0 Å². The summed E-state index contributed by atoms with van der Waals surface area (Å²) in [5, 5.41) is 69.0. The first-order chi connectivity index (χ1) is 37.2. The van der Waals surface area contributed by atoms with Crippen LogP contribution in [0.25, 0.3) is 31.3 Å². The maximum Gasteiger partial charge on any atom is 0.410 e. The van der Waals surface area contributed by atoms with Gasteiger partial charge in [0.15, 0.2) is 12.6 Å². The predicted octanol–water partition coefficient (Wildman–Crippen LogP) is 2.47. The monoisotopic (exact) mass is 1080 g/mol. The van der Waals surface area contributed by atoms with E-state index in [4.69, 9.17) is 71.9 Å². The summed E-state index contributed by atoms with van der Waals surface area (Å²) in [6.45, 7) is -0.0159. The van der Waals surface area contributed by atoms with Gasteiger partial charge in [-0.3, -0.25) is 9.69 Å². The number of ether oxygens (including phenoxy) is 6. The van der Waals surface area contributed by atoms with E-state index in [2.05, 4.69) is 30.1 Å². The number of carboxylic acid groups (broad SMARTS) is 1. The summed E-state index contributed by atoms with van der Waals surface area (Å²) >= 11 is 0. The first kappa shape index (κ1) is 61.6. The summed E-state index contributed by atoms with van der Waals surface area (Å²) in [6, 6.07) is 22.4. The van der Waals surface area contributed by atoms with Gasteiger partial charge in [0.1, 0.15) is 24.9 Å². The van der Waals surface area contributed by atoms with Gasteiger partial charge in [-0.2, -0.15) is 0 Å². The maximum atomic E-state index is 14.0. The predicted molar refractivity (Wildman–Crippen MR) is 274 cm³/mol. The Morgan fingerprint density at radius 2 is 1.18 bits per heavy atom. The van der Waals surface area contributed by atoms with Crippen LogP contribution in [0.1, 0.15) is 55.2 Å². The molecule has 3 aromatic rings. The molecule has 2 aliphatic carbocycles. The van der Waals surface area contributed by atoms with Crippen LogP contribution >= 0.6 is 0 Å². The first-order valence-corrected chi connectivity index (χ1v) is 25.0. The highest BCUT2D eigenvalue weighted by Crippen LogP contribution is 2.35. The summed E-state index contributed by atoms with van der Waals surface area (Å²) in [4.78, 5) is 32.5. The fraction of sp³-hybridized carbons (Fsp3) is 0.592. The number of hydrogen-bond donors (Lipinski definition) is 10. The number of nitrogens with two attached hydrogens (primary N) is 4. The third kappa shape index (κ3) is 17.9. The van der Waals surface area contributed by atoms with Crippen molar-refractivity contribution >= 4 is 12.6 Å². The summed E-state index contributed by atoms with van der Waals surface area (Å²) in [5.74, 6) is 0. The van der Waals surface area contributed by atoms with Crippen LogP contribution in [-0.2, 0) is 53.0 Å². The number of azide groups is 3. The second kappa shape index (κ2) is 31.9. The number of aliphatic hydroxyl groups excluding tert-OH is 5. The molecule has 2 aliphatic heterocycles. The van der Waals surface area contributed by atoms with Crippen LogP contribution in [0.4, 0.5) is 4.79 Å². The van der Waals surface area contributed by atoms with Gasteiger partial charge in [0, 0.05) is 33.4 Å². The van der Waals surface area contributed by atoms with Crippen LogP contribution in [0, 0.1) is 0 Å². The van der Waals surface area contributed by atoms with E-state index < -0.39 is 110 Å². The molecule has 7 rings (SSSR count). The molecule has 18 atom stereocenters. The van der Waals surface area contributed by atoms with Gasteiger partial charge in [-0.25, -0.2) is 4.79 Å². The van der Waals surface area contributed by atoms with E-state index in [0.29, 0.717) is 25.7 Å². The fourth-order valence-electron chi connectivity index (χ4n) is 9.44. The summed E-state index contributed by atoms with van der Waals surface area (Å²) < 4.78 is 36.2. The molecule has 2 saturated heterocycles. The Morgan fingerprint density at radius 3 is 1.78 bits per heavy atom. The smallest absolute Gasteiger partial charge is 0.410 e. The molecule has 77 heavy (non-hydrogen) atoms. The Bertz CT molecular complexity index is 2380. The molecule has 14 N–H and O–H groups in total. The van der Waals surface area contributed by atoms with Crippen molar-refractivity contribution in [1.29, 1.82) is 0 Å². The standard InChI is InChI=1S/C35H40N10O7.C13H28N4O5.CH2O2/c36-42-39-26-16-17-30(51-34(26)52-33-28(41-44-38)18-27(40-43-37)31(46)32(33)47)29(22-49-20-24-12-6-2-7-13-24)45(19-23-10-4-1-5-11-23)35(48)50-21-25-14-8-3-9-15-25;14-5-1-2-9(8(17)4-18)21-13(5)22-12-7(16)3-6(15)10(19)11(12)20;2-1-3/h1-15,26-34,46-47H,16-22H2;5-13,18-20H,1-4,14-17H2;1H,(H,2,3)/t26-,27-,28+,29-,30+,31+,32-,33-,34-;5-,6-,7+,8-,9+,10+,11-,12-,13-;/m11./s1. The number of carbonyl (C=O) groups is 2. The zero-order valence-electron chi connectivity index (χ0n) is 42.1. The van der Waals surface area contributed by atoms with Crippen molar-refractivity contribution < 1.29 is 68.6 Å². The highest BCUT2D eigenvalue weighted by atomic mass is 16.7. The van der Waals surface area contributed by atoms with Crippen molar-refractivity contribution in [2.45, 2.75) is 168 Å². The van der Waals surface area contributed by atoms with Crippen LogP contribution in [0.15, 0.2) is 106 Å². The molecule has 1 amide bonds. The summed E-state index contributed by atoms with van der Waals surface area (Å²) in [6.07, 6.45) is -9.50. The molecule has 28 nitrogen and oxygen atoms in total. The quantitative estimate of drug-likeness (QED) is 0.0357. The zero-order chi connectivity index (χ0) is 55.9. The average molecular weight is 1080 g/mol. The number of amides is 1. The second-order valence-electron chi connectivity index (χ2n) is 18.9. The number of hydrogen-bond acceptors (Lipinski definition) is 20. The first-order valence-electron chi connectivity index (χ1n) is 25.0. The van der Waals surface area contributed by atoms with Gasteiger partial charge >= 0.3 is 6.09 Å². The minimum atomic E-state index is -1.65. The van der Waals surface area contributed by atoms with Crippen LogP contribution in [-0.4, -0.2) is 171 Å². The van der Waals surface area contributed by atoms with Crippen molar-refractivity contribution in [3.63, 3.8) is 0 Å². The lowest BCUT2D eigenvalue weighted by Crippen LogP contribution is -2.64. The minimum Gasteiger partial charge on any atom is -0.483 e. The van der Waals surface area contributed by atoms with E-state index in [-0.39, 0.29) is 58.4 Å². The molecule has 2 saturated carbocycles. The highest BCUT2D eigenvalue weighted by molar-refractivity contribution is 5.68. The molecular weight excluding hydrogens is 1010 g/mol. The molecule has 0 aromatic heterocycles. The molecule has 4 aliphatic rings. The third-order valence-electron chi connectivity index (χ3n) is 13.6. The van der Waals surface area contributed by atoms with Crippen molar-refractivity contribution in [3.05, 3.63) is 139 Å². The van der Waals surface area contributed by atoms with Gasteiger partial charge in [0.2, 0.25) is 0 Å². The Kier molecular flexibility index (Phi) is 25.5. The van der Waals surface area contributed by atoms with Crippen LogP contribution in [0.5, 0.6) is 0 Å². The van der Waals surface area contributed by atoms with Gasteiger partial charge in [0.25, 0.3) is 6.47 Å². The van der Waals surface area contributed by atoms with Gasteiger partial charge in [-0.1, -0.05) is 106 Å². The minimum absolute atomic E-state index is 0.0195. The third-order valence-corrected chi connectivity index (χ3v) is 13.6. The van der Waals surface area contributed by atoms with E-state index >= 15 is 0 Å². The normalized spacial score (nSPS) is 31.5. The van der Waals surface area contributed by atoms with Gasteiger partial charge in [-0.15, -0.1) is 0 Å². The van der Waals surface area contributed by atoms with Gasteiger partial charge in [0.05, 0.1) is 86.6 Å². The van der Waals surface area contributed by atoms with Crippen LogP contribution in [0.2, 0.25) is 0 Å². The Balaban J connectivity index is 0.000000363. The molecule has 4 fully saturated rings. The van der Waals surface area contributed by atoms with E-state index in [9.17, 15) is 36.3 Å². The Labute approximate surface area is 443 Å². The molecule has 2 heterocycles. The van der Waals surface area contributed by atoms with E-state index in [0.717, 1.165) is 16.7 Å². The molecule has 3 aromatic carbocycles. The fourth-order valence-corrected chi connectivity index (χ4v) is 9.44. The van der Waals surface area contributed by atoms with E-state index in [1.807, 2.05) is 91.0 Å². The Hall–Kier alpha value is -6.23. The number of carbonyl (C=O) groups excluding carboxylic acids is 1. The lowest BCUT2D eigenvalue weighted by Gasteiger charge is -2.45. The van der Waals surface area contributed by atoms with Crippen molar-refractivity contribution in [3.8, 4) is 0 Å². The summed E-state index contributed by atoms with van der Waals surface area (Å²) in [5.41, 5.74) is 53.6. The number of aliphatic hydroxyl groups is 5.